The number of fused-ring (bicyclic) bond motifs is 1. The molecule has 1 unspecified atom stereocenters. The van der Waals surface area contributed by atoms with Crippen LogP contribution in [0.2, 0.25) is 0 Å². The van der Waals surface area contributed by atoms with E-state index in [-0.39, 0.29) is 0 Å². The number of para-hydroxylation sites is 1. The zero-order chi connectivity index (χ0) is 19.1. The number of aromatic nitrogens is 3. The van der Waals surface area contributed by atoms with Crippen molar-refractivity contribution in [3.05, 3.63) is 65.7 Å². The van der Waals surface area contributed by atoms with Crippen molar-refractivity contribution in [2.45, 2.75) is 52.4 Å². The van der Waals surface area contributed by atoms with Crippen molar-refractivity contribution in [3.63, 3.8) is 0 Å². The predicted octanol–water partition coefficient (Wildman–Crippen LogP) is 6.02. The molecule has 3 aromatic rings. The fraction of sp³-hybridized carbons (Fsp3) is 0.391. The highest BCUT2D eigenvalue weighted by Crippen LogP contribution is 2.34. The van der Waals surface area contributed by atoms with E-state index in [0.717, 1.165) is 23.3 Å². The first-order chi connectivity index (χ1) is 13.3. The van der Waals surface area contributed by atoms with Gasteiger partial charge in [-0.2, -0.15) is 4.68 Å². The molecule has 27 heavy (non-hydrogen) atoms. The molecule has 1 atom stereocenters. The fourth-order valence-corrected chi connectivity index (χ4v) is 3.56. The predicted molar refractivity (Wildman–Crippen MR) is 111 cm³/mol. The summed E-state index contributed by atoms with van der Waals surface area (Å²) in [4.78, 5) is 0. The Balaban J connectivity index is 2.07. The van der Waals surface area contributed by atoms with Gasteiger partial charge in [0, 0.05) is 5.92 Å². The maximum absolute atomic E-state index is 6.11. The lowest BCUT2D eigenvalue weighted by molar-refractivity contribution is 0.267. The van der Waals surface area contributed by atoms with Crippen LogP contribution in [0, 0.1) is 0 Å². The van der Waals surface area contributed by atoms with Gasteiger partial charge >= 0.3 is 0 Å². The summed E-state index contributed by atoms with van der Waals surface area (Å²) in [5, 5.41) is 8.70. The number of benzene rings is 2. The smallest absolute Gasteiger partial charge is 0.215 e. The van der Waals surface area contributed by atoms with E-state index in [2.05, 4.69) is 54.5 Å². The minimum atomic E-state index is 0.308. The van der Waals surface area contributed by atoms with Crippen LogP contribution in [0.4, 0.5) is 0 Å². The van der Waals surface area contributed by atoms with Gasteiger partial charge in [0.1, 0.15) is 5.52 Å². The zero-order valence-electron chi connectivity index (χ0n) is 16.6. The van der Waals surface area contributed by atoms with E-state index in [0.29, 0.717) is 12.5 Å². The lowest BCUT2D eigenvalue weighted by atomic mass is 9.87. The van der Waals surface area contributed by atoms with Crippen LogP contribution in [0.25, 0.3) is 16.9 Å². The molecule has 0 saturated heterocycles. The van der Waals surface area contributed by atoms with Crippen LogP contribution in [-0.4, -0.2) is 21.6 Å². The monoisotopic (exact) mass is 363 g/mol. The molecule has 0 fully saturated rings. The highest BCUT2D eigenvalue weighted by Gasteiger charge is 2.21. The van der Waals surface area contributed by atoms with Crippen molar-refractivity contribution in [1.29, 1.82) is 0 Å². The summed E-state index contributed by atoms with van der Waals surface area (Å²) in [5.74, 6) is 1.11. The van der Waals surface area contributed by atoms with Gasteiger partial charge in [0.05, 0.1) is 12.1 Å². The quantitative estimate of drug-likeness (QED) is 0.345. The molecule has 0 aliphatic heterocycles. The van der Waals surface area contributed by atoms with Crippen LogP contribution >= 0.6 is 0 Å². The Hall–Kier alpha value is -2.62. The number of nitrogens with zero attached hydrogens (tertiary/aromatic N) is 3. The summed E-state index contributed by atoms with van der Waals surface area (Å²) in [5.41, 5.74) is 4.38. The third-order valence-corrected chi connectivity index (χ3v) is 4.98. The molecule has 4 heteroatoms. The summed E-state index contributed by atoms with van der Waals surface area (Å²) in [6.45, 7) is 7.02. The Morgan fingerprint density at radius 2 is 1.74 bits per heavy atom. The minimum absolute atomic E-state index is 0.308. The van der Waals surface area contributed by atoms with Gasteiger partial charge in [-0.25, -0.2) is 0 Å². The van der Waals surface area contributed by atoms with Gasteiger partial charge in [-0.1, -0.05) is 73.9 Å². The molecule has 0 aliphatic rings. The van der Waals surface area contributed by atoms with Crippen LogP contribution in [-0.2, 0) is 4.74 Å². The SMILES string of the molecule is CCCCCC(/C(C)=C(\OCC)n1nnc2ccccc21)c1ccccc1. The number of rotatable bonds is 9. The van der Waals surface area contributed by atoms with E-state index in [1.807, 2.05) is 35.9 Å². The van der Waals surface area contributed by atoms with Crippen LogP contribution in [0.15, 0.2) is 60.2 Å². The summed E-state index contributed by atoms with van der Waals surface area (Å²) in [6.07, 6.45) is 4.76. The topological polar surface area (TPSA) is 39.9 Å². The maximum atomic E-state index is 6.11. The van der Waals surface area contributed by atoms with Crippen molar-refractivity contribution < 1.29 is 4.74 Å². The molecule has 0 bridgehead atoms. The molecule has 0 spiro atoms. The highest BCUT2D eigenvalue weighted by molar-refractivity contribution is 5.77. The van der Waals surface area contributed by atoms with Gasteiger partial charge in [0.2, 0.25) is 5.88 Å². The number of hydrogen-bond acceptors (Lipinski definition) is 3. The second kappa shape index (κ2) is 9.36. The van der Waals surface area contributed by atoms with Crippen LogP contribution in [0.5, 0.6) is 0 Å². The molecule has 0 saturated carbocycles. The molecule has 0 aliphatic carbocycles. The van der Waals surface area contributed by atoms with Gasteiger partial charge in [-0.05, 0) is 43.5 Å². The summed E-state index contributed by atoms with van der Waals surface area (Å²) >= 11 is 0. The number of unbranched alkanes of at least 4 members (excludes halogenated alkanes) is 2. The summed E-state index contributed by atoms with van der Waals surface area (Å²) in [6, 6.07) is 18.7. The molecule has 1 heterocycles. The van der Waals surface area contributed by atoms with Gasteiger partial charge in [0.15, 0.2) is 0 Å². The average molecular weight is 364 g/mol. The van der Waals surface area contributed by atoms with E-state index in [1.54, 1.807) is 0 Å². The molecule has 0 radical (unpaired) electrons. The first-order valence-electron chi connectivity index (χ1n) is 9.95. The van der Waals surface area contributed by atoms with Gasteiger partial charge < -0.3 is 4.74 Å². The lowest BCUT2D eigenvalue weighted by Crippen LogP contribution is -2.11. The third-order valence-electron chi connectivity index (χ3n) is 4.98. The number of allylic oxidation sites excluding steroid dienone is 1. The summed E-state index contributed by atoms with van der Waals surface area (Å²) in [7, 11) is 0. The van der Waals surface area contributed by atoms with Crippen LogP contribution in [0.1, 0.15) is 57.9 Å². The van der Waals surface area contributed by atoms with E-state index < -0.39 is 0 Å². The molecular weight excluding hydrogens is 334 g/mol. The Morgan fingerprint density at radius 1 is 1.00 bits per heavy atom. The normalized spacial score (nSPS) is 13.4. The lowest BCUT2D eigenvalue weighted by Gasteiger charge is -2.22. The van der Waals surface area contributed by atoms with Crippen molar-refractivity contribution in [2.24, 2.45) is 0 Å². The Kier molecular flexibility index (Phi) is 6.64. The Bertz CT molecular complexity index is 883. The second-order valence-corrected chi connectivity index (χ2v) is 6.87. The van der Waals surface area contributed by atoms with E-state index in [9.17, 15) is 0 Å². The molecule has 0 amide bonds. The Labute approximate surface area is 161 Å². The minimum Gasteiger partial charge on any atom is -0.478 e. The molecule has 142 valence electrons. The first-order valence-corrected chi connectivity index (χ1v) is 9.95. The molecule has 2 aromatic carbocycles. The van der Waals surface area contributed by atoms with Gasteiger partial charge in [-0.15, -0.1) is 5.10 Å². The van der Waals surface area contributed by atoms with E-state index in [4.69, 9.17) is 4.74 Å². The molecule has 4 nitrogen and oxygen atoms in total. The van der Waals surface area contributed by atoms with Crippen molar-refractivity contribution in [3.8, 4) is 0 Å². The molecule has 0 N–H and O–H groups in total. The van der Waals surface area contributed by atoms with Crippen molar-refractivity contribution in [2.75, 3.05) is 6.61 Å². The molecule has 1 aromatic heterocycles. The largest absolute Gasteiger partial charge is 0.478 e. The number of hydrogen-bond donors (Lipinski definition) is 0. The van der Waals surface area contributed by atoms with Gasteiger partial charge in [0.25, 0.3) is 0 Å². The Morgan fingerprint density at radius 3 is 2.48 bits per heavy atom. The zero-order valence-corrected chi connectivity index (χ0v) is 16.6. The standard InChI is InChI=1S/C23H29N3O/c1-4-6-8-15-20(19-13-9-7-10-14-19)18(3)23(27-5-2)26-22-17-12-11-16-21(22)24-25-26/h7,9-14,16-17,20H,4-6,8,15H2,1-3H3/b23-18-. The number of ether oxygens (including phenoxy) is 1. The van der Waals surface area contributed by atoms with Crippen molar-refractivity contribution >= 4 is 16.9 Å². The third kappa shape index (κ3) is 4.38. The van der Waals surface area contributed by atoms with E-state index >= 15 is 0 Å². The summed E-state index contributed by atoms with van der Waals surface area (Å²) < 4.78 is 7.96. The van der Waals surface area contributed by atoms with Crippen molar-refractivity contribution in [1.82, 2.24) is 15.0 Å². The highest BCUT2D eigenvalue weighted by atomic mass is 16.5. The van der Waals surface area contributed by atoms with Gasteiger partial charge in [-0.3, -0.25) is 0 Å². The molecular formula is C23H29N3O. The average Bonchev–Trinajstić information content (AvgIpc) is 3.13. The van der Waals surface area contributed by atoms with Crippen LogP contribution in [0.3, 0.4) is 0 Å². The second-order valence-electron chi connectivity index (χ2n) is 6.87. The van der Waals surface area contributed by atoms with E-state index in [1.165, 1.54) is 30.4 Å². The van der Waals surface area contributed by atoms with Crippen LogP contribution < -0.4 is 0 Å². The first kappa shape index (κ1) is 19.2. The molecule has 3 rings (SSSR count). The maximum Gasteiger partial charge on any atom is 0.215 e. The fourth-order valence-electron chi connectivity index (χ4n) is 3.56.